The van der Waals surface area contributed by atoms with Gasteiger partial charge in [0.05, 0.1) is 6.10 Å². The summed E-state index contributed by atoms with van der Waals surface area (Å²) >= 11 is 1.67. The first-order valence-corrected chi connectivity index (χ1v) is 8.79. The highest BCUT2D eigenvalue weighted by molar-refractivity contribution is 7.08. The van der Waals surface area contributed by atoms with Crippen LogP contribution in [0.3, 0.4) is 0 Å². The zero-order chi connectivity index (χ0) is 15.2. The predicted octanol–water partition coefficient (Wildman–Crippen LogP) is 4.70. The van der Waals surface area contributed by atoms with E-state index < -0.39 is 0 Å². The first-order chi connectivity index (χ1) is 10.8. The molecule has 1 aliphatic rings. The second-order valence-electron chi connectivity index (χ2n) is 5.71. The number of ether oxygens (including phenoxy) is 1. The highest BCUT2D eigenvalue weighted by Crippen LogP contribution is 2.25. The summed E-state index contributed by atoms with van der Waals surface area (Å²) in [6.45, 7) is 0.146. The largest absolute Gasteiger partial charge is 0.368 e. The number of carbonyl (C=O) groups is 1. The Morgan fingerprint density at radius 3 is 2.82 bits per heavy atom. The minimum atomic E-state index is -0.0759. The molecule has 0 saturated heterocycles. The monoisotopic (exact) mass is 315 g/mol. The average Bonchev–Trinajstić information content (AvgIpc) is 3.09. The Bertz CT molecular complexity index is 603. The second-order valence-corrected chi connectivity index (χ2v) is 6.49. The van der Waals surface area contributed by atoms with Crippen LogP contribution in [0.15, 0.2) is 41.1 Å². The van der Waals surface area contributed by atoms with Crippen molar-refractivity contribution in [3.05, 3.63) is 41.1 Å². The van der Waals surface area contributed by atoms with Gasteiger partial charge < -0.3 is 10.1 Å². The zero-order valence-electron chi connectivity index (χ0n) is 12.6. The van der Waals surface area contributed by atoms with Crippen LogP contribution in [-0.2, 0) is 9.53 Å². The number of amides is 1. The van der Waals surface area contributed by atoms with Gasteiger partial charge in [0, 0.05) is 5.69 Å². The summed E-state index contributed by atoms with van der Waals surface area (Å²) in [5, 5.41) is 7.08. The second kappa shape index (κ2) is 7.56. The van der Waals surface area contributed by atoms with Gasteiger partial charge in [0.15, 0.2) is 0 Å². The molecule has 0 spiro atoms. The van der Waals surface area contributed by atoms with Crippen LogP contribution in [0.1, 0.15) is 32.1 Å². The van der Waals surface area contributed by atoms with Crippen molar-refractivity contribution in [1.82, 2.24) is 0 Å². The molecular formula is C18H21NO2S. The van der Waals surface area contributed by atoms with E-state index in [1.165, 1.54) is 24.8 Å². The highest BCUT2D eigenvalue weighted by Gasteiger charge is 2.15. The van der Waals surface area contributed by atoms with Gasteiger partial charge >= 0.3 is 0 Å². The third-order valence-electron chi connectivity index (χ3n) is 4.00. The van der Waals surface area contributed by atoms with Gasteiger partial charge in [-0.2, -0.15) is 11.3 Å². The van der Waals surface area contributed by atoms with Crippen LogP contribution < -0.4 is 5.32 Å². The number of anilines is 1. The van der Waals surface area contributed by atoms with Crippen LogP contribution in [0.2, 0.25) is 0 Å². The van der Waals surface area contributed by atoms with E-state index in [0.717, 1.165) is 24.1 Å². The van der Waals surface area contributed by atoms with Crippen molar-refractivity contribution in [1.29, 1.82) is 0 Å². The standard InChI is InChI=1S/C18H21NO2S/c20-18(12-21-17-7-2-1-3-8-17)19-16-6-4-5-14(11-16)15-9-10-22-13-15/h4-6,9-11,13,17H,1-3,7-8,12H2,(H,19,20). The Hall–Kier alpha value is -1.65. The van der Waals surface area contributed by atoms with E-state index in [4.69, 9.17) is 4.74 Å². The van der Waals surface area contributed by atoms with Crippen LogP contribution >= 0.6 is 11.3 Å². The number of nitrogens with one attached hydrogen (secondary N) is 1. The molecular weight excluding hydrogens is 294 g/mol. The molecule has 1 aliphatic carbocycles. The van der Waals surface area contributed by atoms with E-state index in [0.29, 0.717) is 0 Å². The molecule has 0 unspecified atom stereocenters. The molecule has 0 radical (unpaired) electrons. The fourth-order valence-electron chi connectivity index (χ4n) is 2.83. The predicted molar refractivity (Wildman–Crippen MR) is 91.2 cm³/mol. The highest BCUT2D eigenvalue weighted by atomic mass is 32.1. The summed E-state index contributed by atoms with van der Waals surface area (Å²) in [7, 11) is 0. The third kappa shape index (κ3) is 4.18. The molecule has 0 aliphatic heterocycles. The van der Waals surface area contributed by atoms with E-state index in [-0.39, 0.29) is 18.6 Å². The smallest absolute Gasteiger partial charge is 0.250 e. The molecule has 3 rings (SSSR count). The Morgan fingerprint density at radius 1 is 1.18 bits per heavy atom. The topological polar surface area (TPSA) is 38.3 Å². The first-order valence-electron chi connectivity index (χ1n) is 7.85. The third-order valence-corrected chi connectivity index (χ3v) is 4.69. The van der Waals surface area contributed by atoms with Crippen molar-refractivity contribution in [3.8, 4) is 11.1 Å². The van der Waals surface area contributed by atoms with Crippen LogP contribution in [0, 0.1) is 0 Å². The molecule has 4 heteroatoms. The molecule has 0 bridgehead atoms. The summed E-state index contributed by atoms with van der Waals surface area (Å²) in [6.07, 6.45) is 6.16. The molecule has 1 aromatic heterocycles. The lowest BCUT2D eigenvalue weighted by Crippen LogP contribution is -2.24. The lowest BCUT2D eigenvalue weighted by molar-refractivity contribution is -0.123. The minimum absolute atomic E-state index is 0.0759. The zero-order valence-corrected chi connectivity index (χ0v) is 13.4. The van der Waals surface area contributed by atoms with E-state index in [1.54, 1.807) is 11.3 Å². The van der Waals surface area contributed by atoms with Crippen LogP contribution in [0.25, 0.3) is 11.1 Å². The van der Waals surface area contributed by atoms with Crippen LogP contribution in [-0.4, -0.2) is 18.6 Å². The molecule has 116 valence electrons. The fraction of sp³-hybridized carbons (Fsp3) is 0.389. The van der Waals surface area contributed by atoms with Crippen molar-refractivity contribution >= 4 is 22.9 Å². The molecule has 1 saturated carbocycles. The van der Waals surface area contributed by atoms with Gasteiger partial charge in [0.25, 0.3) is 0 Å². The number of hydrogen-bond acceptors (Lipinski definition) is 3. The summed E-state index contributed by atoms with van der Waals surface area (Å²) in [4.78, 5) is 12.0. The summed E-state index contributed by atoms with van der Waals surface area (Å²) in [5.74, 6) is -0.0759. The Balaban J connectivity index is 1.54. The lowest BCUT2D eigenvalue weighted by atomic mass is 9.98. The van der Waals surface area contributed by atoms with Crippen molar-refractivity contribution in [2.75, 3.05) is 11.9 Å². The van der Waals surface area contributed by atoms with Gasteiger partial charge in [-0.3, -0.25) is 4.79 Å². The Labute approximate surface area is 135 Å². The normalized spacial score (nSPS) is 15.6. The summed E-state index contributed by atoms with van der Waals surface area (Å²) < 4.78 is 5.71. The summed E-state index contributed by atoms with van der Waals surface area (Å²) in [6, 6.07) is 10.0. The minimum Gasteiger partial charge on any atom is -0.368 e. The van der Waals surface area contributed by atoms with Gasteiger partial charge in [-0.25, -0.2) is 0 Å². The Kier molecular flexibility index (Phi) is 5.24. The maximum absolute atomic E-state index is 12.0. The van der Waals surface area contributed by atoms with Crippen molar-refractivity contribution < 1.29 is 9.53 Å². The molecule has 3 nitrogen and oxygen atoms in total. The van der Waals surface area contributed by atoms with Crippen molar-refractivity contribution in [2.24, 2.45) is 0 Å². The van der Waals surface area contributed by atoms with Crippen LogP contribution in [0.5, 0.6) is 0 Å². The molecule has 1 heterocycles. The van der Waals surface area contributed by atoms with E-state index >= 15 is 0 Å². The molecule has 1 aromatic carbocycles. The van der Waals surface area contributed by atoms with Gasteiger partial charge in [-0.1, -0.05) is 31.4 Å². The summed E-state index contributed by atoms with van der Waals surface area (Å²) in [5.41, 5.74) is 3.12. The van der Waals surface area contributed by atoms with E-state index in [2.05, 4.69) is 28.2 Å². The number of hydrogen-bond donors (Lipinski definition) is 1. The van der Waals surface area contributed by atoms with Crippen molar-refractivity contribution in [3.63, 3.8) is 0 Å². The molecule has 2 aromatic rings. The maximum atomic E-state index is 12.0. The van der Waals surface area contributed by atoms with Gasteiger partial charge in [-0.05, 0) is 52.9 Å². The SMILES string of the molecule is O=C(COC1CCCCC1)Nc1cccc(-c2ccsc2)c1. The Morgan fingerprint density at radius 2 is 2.05 bits per heavy atom. The van der Waals surface area contributed by atoms with Gasteiger partial charge in [-0.15, -0.1) is 0 Å². The van der Waals surface area contributed by atoms with Gasteiger partial charge in [0.1, 0.15) is 6.61 Å². The van der Waals surface area contributed by atoms with Crippen molar-refractivity contribution in [2.45, 2.75) is 38.2 Å². The fourth-order valence-corrected chi connectivity index (χ4v) is 3.49. The molecule has 22 heavy (non-hydrogen) atoms. The average molecular weight is 315 g/mol. The molecule has 1 fully saturated rings. The molecule has 1 N–H and O–H groups in total. The van der Waals surface area contributed by atoms with E-state index in [1.807, 2.05) is 18.2 Å². The van der Waals surface area contributed by atoms with Gasteiger partial charge in [0.2, 0.25) is 5.91 Å². The lowest BCUT2D eigenvalue weighted by Gasteiger charge is -2.21. The first kappa shape index (κ1) is 15.3. The van der Waals surface area contributed by atoms with Crippen LogP contribution in [0.4, 0.5) is 5.69 Å². The maximum Gasteiger partial charge on any atom is 0.250 e. The number of rotatable bonds is 5. The number of thiophene rings is 1. The number of carbonyl (C=O) groups excluding carboxylic acids is 1. The van der Waals surface area contributed by atoms with E-state index in [9.17, 15) is 4.79 Å². The molecule has 1 amide bonds. The molecule has 0 atom stereocenters. The quantitative estimate of drug-likeness (QED) is 0.868. The number of benzene rings is 1.